The van der Waals surface area contributed by atoms with Crippen molar-refractivity contribution in [3.8, 4) is 0 Å². The van der Waals surface area contributed by atoms with Crippen LogP contribution >= 0.6 is 0 Å². The molecule has 0 saturated carbocycles. The maximum atomic E-state index is 6.26. The fourth-order valence-corrected chi connectivity index (χ4v) is 4.56. The largest absolute Gasteiger partial charge is 0.501 e. The lowest BCUT2D eigenvalue weighted by Crippen LogP contribution is -2.46. The van der Waals surface area contributed by atoms with E-state index in [1.54, 1.807) is 28.4 Å². The van der Waals surface area contributed by atoms with Crippen LogP contribution in [0.5, 0.6) is 0 Å². The molecule has 1 saturated heterocycles. The molecule has 8 heteroatoms. The summed E-state index contributed by atoms with van der Waals surface area (Å²) in [5, 5.41) is 0. The van der Waals surface area contributed by atoms with Crippen LogP contribution in [0.15, 0.2) is 83.7 Å². The molecule has 236 valence electrons. The molecule has 0 radical (unpaired) electrons. The van der Waals surface area contributed by atoms with E-state index in [-0.39, 0.29) is 0 Å². The van der Waals surface area contributed by atoms with Crippen LogP contribution in [-0.2, 0) is 32.0 Å². The molecule has 42 heavy (non-hydrogen) atoms. The highest BCUT2D eigenvalue weighted by Crippen LogP contribution is 2.16. The monoisotopic (exact) mass is 584 g/mol. The van der Waals surface area contributed by atoms with Crippen LogP contribution in [0.2, 0.25) is 0 Å². The Kier molecular flexibility index (Phi) is 18.8. The molecule has 1 aliphatic rings. The van der Waals surface area contributed by atoms with Crippen molar-refractivity contribution < 1.29 is 18.9 Å². The number of ether oxygens (including phenoxy) is 4. The molecule has 0 amide bonds. The van der Waals surface area contributed by atoms with Crippen LogP contribution in [0, 0.1) is 0 Å². The summed E-state index contributed by atoms with van der Waals surface area (Å²) in [6.07, 6.45) is 11.6. The third-order valence-electron chi connectivity index (χ3n) is 6.89. The number of allylic oxidation sites excluding steroid dienone is 7. The standard InChI is InChI=1S/C27H44N4O3.C7H12O/c1-6-26(33-4)20-27(34-5)22(2)19-23(28)9-7-13-30-15-17-31(18-16-30)14-8-10-24-11-12-25(29-24)21-32-3;1-6(2)5-7(3)8-4/h6,11-12,19-20,29H,2,7-10,13-18,21,28H2,1,3-5H3;5H,1H2,2-4H3/b23-19-,26-6+,27-20+;7-5+. The number of nitrogens with zero attached hydrogens (tertiary/aromatic N) is 2. The normalized spacial score (nSPS) is 15.6. The van der Waals surface area contributed by atoms with Gasteiger partial charge in [-0.05, 0) is 89.9 Å². The molecule has 1 fully saturated rings. The van der Waals surface area contributed by atoms with Crippen molar-refractivity contribution in [3.63, 3.8) is 0 Å². The second-order valence-electron chi connectivity index (χ2n) is 10.5. The first-order valence-corrected chi connectivity index (χ1v) is 14.7. The SMILES string of the molecule is C=C(/C=C(\N)CCCN1CCN(CCCc2ccc(COC)[nH]2)CC1)/C(=C\C(=C/C)OC)OC.C=C(C)/C=C(\C)OC. The average molecular weight is 585 g/mol. The topological polar surface area (TPSA) is 85.2 Å². The number of hydrogen-bond donors (Lipinski definition) is 2. The maximum Gasteiger partial charge on any atom is 0.129 e. The minimum Gasteiger partial charge on any atom is -0.501 e. The summed E-state index contributed by atoms with van der Waals surface area (Å²) in [7, 11) is 6.63. The predicted molar refractivity (Wildman–Crippen MR) is 175 cm³/mol. The Morgan fingerprint density at radius 3 is 2.00 bits per heavy atom. The first kappa shape index (κ1) is 36.8. The summed E-state index contributed by atoms with van der Waals surface area (Å²) in [4.78, 5) is 8.55. The van der Waals surface area contributed by atoms with Gasteiger partial charge in [0.2, 0.25) is 0 Å². The van der Waals surface area contributed by atoms with Crippen molar-refractivity contribution in [3.05, 3.63) is 95.1 Å². The van der Waals surface area contributed by atoms with Gasteiger partial charge in [0, 0.05) is 62.0 Å². The van der Waals surface area contributed by atoms with E-state index in [0.29, 0.717) is 12.4 Å². The second-order valence-corrected chi connectivity index (χ2v) is 10.5. The molecule has 3 N–H and O–H groups in total. The van der Waals surface area contributed by atoms with Crippen LogP contribution in [0.4, 0.5) is 0 Å². The highest BCUT2D eigenvalue weighted by atomic mass is 16.5. The molecule has 0 spiro atoms. The van der Waals surface area contributed by atoms with Crippen molar-refractivity contribution >= 4 is 0 Å². The van der Waals surface area contributed by atoms with Gasteiger partial charge in [0.1, 0.15) is 11.5 Å². The average Bonchev–Trinajstić information content (AvgIpc) is 3.41. The molecule has 0 atom stereocenters. The van der Waals surface area contributed by atoms with Crippen molar-refractivity contribution in [1.29, 1.82) is 0 Å². The minimum atomic E-state index is 0.648. The van der Waals surface area contributed by atoms with Gasteiger partial charge in [-0.3, -0.25) is 0 Å². The summed E-state index contributed by atoms with van der Waals surface area (Å²) in [5.74, 6) is 2.28. The number of nitrogens with one attached hydrogen (secondary N) is 1. The van der Waals surface area contributed by atoms with Crippen LogP contribution in [-0.4, -0.2) is 82.5 Å². The number of piperazine rings is 1. The maximum absolute atomic E-state index is 6.26. The smallest absolute Gasteiger partial charge is 0.129 e. The zero-order valence-corrected chi connectivity index (χ0v) is 27.3. The van der Waals surface area contributed by atoms with Crippen molar-refractivity contribution in [2.45, 2.75) is 53.1 Å². The Bertz CT molecular complexity index is 1060. The number of methoxy groups -OCH3 is 4. The Morgan fingerprint density at radius 2 is 1.50 bits per heavy atom. The fraction of sp³-hybridized carbons (Fsp3) is 0.529. The zero-order valence-electron chi connectivity index (χ0n) is 27.3. The Balaban J connectivity index is 0.000000962. The number of H-pyrrole nitrogens is 1. The van der Waals surface area contributed by atoms with Gasteiger partial charge in [-0.1, -0.05) is 18.7 Å². The third-order valence-corrected chi connectivity index (χ3v) is 6.89. The molecule has 1 aromatic heterocycles. The van der Waals surface area contributed by atoms with E-state index in [1.807, 2.05) is 45.1 Å². The van der Waals surface area contributed by atoms with E-state index < -0.39 is 0 Å². The number of hydrogen-bond acceptors (Lipinski definition) is 7. The van der Waals surface area contributed by atoms with Gasteiger partial charge >= 0.3 is 0 Å². The van der Waals surface area contributed by atoms with Gasteiger partial charge in [0.25, 0.3) is 0 Å². The predicted octanol–water partition coefficient (Wildman–Crippen LogP) is 6.08. The van der Waals surface area contributed by atoms with Gasteiger partial charge in [-0.25, -0.2) is 0 Å². The van der Waals surface area contributed by atoms with Gasteiger partial charge in [-0.2, -0.15) is 0 Å². The highest BCUT2D eigenvalue weighted by molar-refractivity contribution is 5.38. The lowest BCUT2D eigenvalue weighted by molar-refractivity contribution is 0.130. The lowest BCUT2D eigenvalue weighted by atomic mass is 10.1. The second kappa shape index (κ2) is 21.5. The molecular weight excluding hydrogens is 528 g/mol. The number of aryl methyl sites for hydroxylation is 1. The van der Waals surface area contributed by atoms with E-state index in [2.05, 4.69) is 40.1 Å². The first-order chi connectivity index (χ1) is 20.1. The number of aromatic nitrogens is 1. The molecule has 2 heterocycles. The number of nitrogens with two attached hydrogens (primary N) is 1. The first-order valence-electron chi connectivity index (χ1n) is 14.7. The van der Waals surface area contributed by atoms with Gasteiger partial charge in [0.15, 0.2) is 0 Å². The molecule has 0 unspecified atom stereocenters. The molecule has 1 aliphatic heterocycles. The van der Waals surface area contributed by atoms with Crippen LogP contribution in [0.3, 0.4) is 0 Å². The summed E-state index contributed by atoms with van der Waals surface area (Å²) in [5.41, 5.74) is 11.3. The molecule has 0 aromatic carbocycles. The van der Waals surface area contributed by atoms with E-state index >= 15 is 0 Å². The molecule has 8 nitrogen and oxygen atoms in total. The third kappa shape index (κ3) is 15.7. The van der Waals surface area contributed by atoms with Gasteiger partial charge < -0.3 is 39.5 Å². The molecular formula is C34H56N4O4. The highest BCUT2D eigenvalue weighted by Gasteiger charge is 2.16. The van der Waals surface area contributed by atoms with Crippen molar-refractivity contribution in [1.82, 2.24) is 14.8 Å². The quantitative estimate of drug-likeness (QED) is 0.169. The van der Waals surface area contributed by atoms with Gasteiger partial charge in [0.05, 0.1) is 33.7 Å². The lowest BCUT2D eigenvalue weighted by Gasteiger charge is -2.34. The van der Waals surface area contributed by atoms with Crippen LogP contribution in [0.1, 0.15) is 51.4 Å². The molecule has 2 rings (SSSR count). The van der Waals surface area contributed by atoms with Crippen molar-refractivity contribution in [2.24, 2.45) is 5.73 Å². The molecule has 0 aliphatic carbocycles. The van der Waals surface area contributed by atoms with Crippen LogP contribution < -0.4 is 5.73 Å². The summed E-state index contributed by atoms with van der Waals surface area (Å²) >= 11 is 0. The fourth-order valence-electron chi connectivity index (χ4n) is 4.56. The number of rotatable bonds is 17. The van der Waals surface area contributed by atoms with E-state index in [0.717, 1.165) is 92.6 Å². The molecule has 1 aromatic rings. The summed E-state index contributed by atoms with van der Waals surface area (Å²) in [6.45, 7) is 20.9. The van der Waals surface area contributed by atoms with E-state index in [1.165, 1.54) is 12.1 Å². The number of aromatic amines is 1. The summed E-state index contributed by atoms with van der Waals surface area (Å²) in [6, 6.07) is 4.29. The zero-order chi connectivity index (χ0) is 31.3. The minimum absolute atomic E-state index is 0.648. The van der Waals surface area contributed by atoms with E-state index in [9.17, 15) is 0 Å². The van der Waals surface area contributed by atoms with E-state index in [4.69, 9.17) is 24.7 Å². The van der Waals surface area contributed by atoms with Gasteiger partial charge in [-0.15, -0.1) is 0 Å². The van der Waals surface area contributed by atoms with Crippen LogP contribution in [0.25, 0.3) is 0 Å². The van der Waals surface area contributed by atoms with Crippen molar-refractivity contribution in [2.75, 3.05) is 67.7 Å². The Labute approximate surface area is 255 Å². The molecule has 0 bridgehead atoms. The Hall–Kier alpha value is -3.20. The summed E-state index contributed by atoms with van der Waals surface area (Å²) < 4.78 is 20.7. The Morgan fingerprint density at radius 1 is 0.881 bits per heavy atom.